The van der Waals surface area contributed by atoms with E-state index in [1.54, 1.807) is 0 Å². The van der Waals surface area contributed by atoms with Gasteiger partial charge in [-0.1, -0.05) is 46.3 Å². The Hall–Kier alpha value is -2.99. The molecule has 0 radical (unpaired) electrons. The molecule has 144 valence electrons. The lowest BCUT2D eigenvalue weighted by molar-refractivity contribution is -0.0190. The molecule has 5 nitrogen and oxygen atoms in total. The molecule has 2 atom stereocenters. The zero-order valence-electron chi connectivity index (χ0n) is 15.4. The number of hydrazone groups is 1. The van der Waals surface area contributed by atoms with Gasteiger partial charge >= 0.3 is 0 Å². The second-order valence-corrected chi connectivity index (χ2v) is 8.19. The van der Waals surface area contributed by atoms with E-state index in [0.717, 1.165) is 45.0 Å². The molecule has 0 fully saturated rings. The molecular weight excluding hydrogens is 432 g/mol. The fraction of sp³-hybridized carbons (Fsp3) is 0.174. The first-order valence-electron chi connectivity index (χ1n) is 9.53. The lowest BCUT2D eigenvalue weighted by Crippen LogP contribution is -2.33. The highest BCUT2D eigenvalue weighted by Gasteiger charge is 2.41. The lowest BCUT2D eigenvalue weighted by Gasteiger charge is -2.38. The maximum Gasteiger partial charge on any atom is 0.231 e. The largest absolute Gasteiger partial charge is 0.464 e. The molecule has 0 spiro atoms. The van der Waals surface area contributed by atoms with E-state index in [2.05, 4.69) is 45.2 Å². The molecule has 3 aromatic carbocycles. The highest BCUT2D eigenvalue weighted by atomic mass is 79.9. The maximum absolute atomic E-state index is 6.39. The van der Waals surface area contributed by atoms with E-state index >= 15 is 0 Å². The summed E-state index contributed by atoms with van der Waals surface area (Å²) in [5, 5.41) is 7.09. The van der Waals surface area contributed by atoms with Crippen LogP contribution in [0.15, 0.2) is 76.3 Å². The zero-order valence-corrected chi connectivity index (χ0v) is 17.0. The van der Waals surface area contributed by atoms with E-state index < -0.39 is 0 Å². The number of para-hydroxylation sites is 1. The summed E-state index contributed by atoms with van der Waals surface area (Å²) in [6.07, 6.45) is 0.544. The number of benzene rings is 3. The second-order valence-electron chi connectivity index (χ2n) is 7.27. The topological polar surface area (TPSA) is 43.3 Å². The Kier molecular flexibility index (Phi) is 3.81. The Bertz CT molecular complexity index is 1130. The maximum atomic E-state index is 6.39. The Morgan fingerprint density at radius 3 is 2.62 bits per heavy atom. The first kappa shape index (κ1) is 16.9. The Morgan fingerprint density at radius 2 is 1.72 bits per heavy atom. The summed E-state index contributed by atoms with van der Waals surface area (Å²) < 4.78 is 18.4. The molecule has 0 amide bonds. The van der Waals surface area contributed by atoms with Gasteiger partial charge in [-0.2, -0.15) is 5.10 Å². The van der Waals surface area contributed by atoms with E-state index in [9.17, 15) is 0 Å². The lowest BCUT2D eigenvalue weighted by atomic mass is 9.96. The molecule has 3 aliphatic rings. The fourth-order valence-corrected chi connectivity index (χ4v) is 4.40. The quantitative estimate of drug-likeness (QED) is 0.524. The number of ether oxygens (including phenoxy) is 3. The van der Waals surface area contributed by atoms with Gasteiger partial charge in [0, 0.05) is 27.6 Å². The summed E-state index contributed by atoms with van der Waals surface area (Å²) in [5.74, 6) is 2.48. The van der Waals surface area contributed by atoms with Crippen LogP contribution >= 0.6 is 15.9 Å². The van der Waals surface area contributed by atoms with E-state index in [0.29, 0.717) is 0 Å². The molecule has 0 saturated heterocycles. The molecule has 6 heteroatoms. The van der Waals surface area contributed by atoms with Gasteiger partial charge in [-0.15, -0.1) is 0 Å². The van der Waals surface area contributed by atoms with Crippen LogP contribution in [0, 0.1) is 0 Å². The van der Waals surface area contributed by atoms with Gasteiger partial charge in [0.15, 0.2) is 11.5 Å². The monoisotopic (exact) mass is 448 g/mol. The number of rotatable bonds is 2. The first-order valence-corrected chi connectivity index (χ1v) is 10.3. The molecule has 29 heavy (non-hydrogen) atoms. The van der Waals surface area contributed by atoms with Crippen LogP contribution in [0.2, 0.25) is 0 Å². The van der Waals surface area contributed by atoms with Crippen LogP contribution in [0.25, 0.3) is 0 Å². The van der Waals surface area contributed by atoms with Crippen LogP contribution in [-0.4, -0.2) is 17.5 Å². The first-order chi connectivity index (χ1) is 14.3. The third-order valence-electron chi connectivity index (χ3n) is 5.56. The Labute approximate surface area is 176 Å². The molecule has 0 aliphatic carbocycles. The molecule has 0 saturated carbocycles. The van der Waals surface area contributed by atoms with Crippen molar-refractivity contribution in [1.82, 2.24) is 5.01 Å². The number of nitrogens with zero attached hydrogens (tertiary/aromatic N) is 2. The van der Waals surface area contributed by atoms with Crippen LogP contribution < -0.4 is 14.2 Å². The normalized spacial score (nSPS) is 21.3. The van der Waals surface area contributed by atoms with E-state index in [1.807, 2.05) is 42.5 Å². The van der Waals surface area contributed by atoms with E-state index in [-0.39, 0.29) is 19.1 Å². The zero-order chi connectivity index (χ0) is 19.4. The van der Waals surface area contributed by atoms with Crippen molar-refractivity contribution in [3.8, 4) is 17.2 Å². The summed E-state index contributed by atoms with van der Waals surface area (Å²) in [5.41, 5.74) is 4.31. The van der Waals surface area contributed by atoms with Crippen LogP contribution in [0.1, 0.15) is 35.4 Å². The van der Waals surface area contributed by atoms with Crippen molar-refractivity contribution < 1.29 is 14.2 Å². The molecule has 3 heterocycles. The van der Waals surface area contributed by atoms with E-state index in [4.69, 9.17) is 19.3 Å². The molecule has 3 aliphatic heterocycles. The van der Waals surface area contributed by atoms with Crippen molar-refractivity contribution in [1.29, 1.82) is 0 Å². The molecule has 3 aromatic rings. The summed E-state index contributed by atoms with van der Waals surface area (Å²) in [6.45, 7) is 0.271. The number of fused-ring (bicyclic) bond motifs is 4. The van der Waals surface area contributed by atoms with Gasteiger partial charge in [-0.25, -0.2) is 5.01 Å². The number of hydrogen-bond acceptors (Lipinski definition) is 5. The predicted octanol–water partition coefficient (Wildman–Crippen LogP) is 5.42. The summed E-state index contributed by atoms with van der Waals surface area (Å²) in [6, 6.07) is 22.6. The standard InChI is InChI=1S/C23H17BrN2O3/c24-16-8-5-14(6-9-16)23-26-19(17-3-1-2-4-20(17)29-23)12-18(25-26)15-7-10-21-22(11-15)28-13-27-21/h1-11,19,23H,12-13H2/t19-,23+/m0/s1. The predicted molar refractivity (Wildman–Crippen MR) is 112 cm³/mol. The van der Waals surface area contributed by atoms with Crippen molar-refractivity contribution in [2.45, 2.75) is 18.7 Å². The van der Waals surface area contributed by atoms with Crippen molar-refractivity contribution in [2.75, 3.05) is 6.79 Å². The van der Waals surface area contributed by atoms with Gasteiger partial charge in [0.05, 0.1) is 11.8 Å². The minimum Gasteiger partial charge on any atom is -0.464 e. The highest BCUT2D eigenvalue weighted by Crippen LogP contribution is 2.47. The molecular formula is C23H17BrN2O3. The van der Waals surface area contributed by atoms with Crippen LogP contribution in [-0.2, 0) is 0 Å². The average molecular weight is 449 g/mol. The number of hydrogen-bond donors (Lipinski definition) is 0. The van der Waals surface area contributed by atoms with Crippen LogP contribution in [0.3, 0.4) is 0 Å². The fourth-order valence-electron chi connectivity index (χ4n) is 4.13. The Morgan fingerprint density at radius 1 is 0.897 bits per heavy atom. The SMILES string of the molecule is Brc1ccc([C@H]2Oc3ccccc3[C@@H]3CC(c4ccc5c(c4)OCO5)=NN23)cc1. The molecule has 6 rings (SSSR count). The smallest absolute Gasteiger partial charge is 0.231 e. The van der Waals surface area contributed by atoms with Gasteiger partial charge in [0.1, 0.15) is 5.75 Å². The molecule has 0 N–H and O–H groups in total. The second kappa shape index (κ2) is 6.52. The van der Waals surface area contributed by atoms with Gasteiger partial charge in [0.25, 0.3) is 0 Å². The Balaban J connectivity index is 1.42. The minimum atomic E-state index is -0.269. The van der Waals surface area contributed by atoms with Gasteiger partial charge in [0.2, 0.25) is 13.0 Å². The summed E-state index contributed by atoms with van der Waals surface area (Å²) in [4.78, 5) is 0. The van der Waals surface area contributed by atoms with Gasteiger partial charge in [-0.05, 0) is 36.4 Å². The van der Waals surface area contributed by atoms with Crippen molar-refractivity contribution in [2.24, 2.45) is 5.10 Å². The third kappa shape index (κ3) is 2.78. The van der Waals surface area contributed by atoms with Gasteiger partial charge < -0.3 is 14.2 Å². The van der Waals surface area contributed by atoms with Crippen molar-refractivity contribution in [3.05, 3.63) is 87.9 Å². The summed E-state index contributed by atoms with van der Waals surface area (Å²) >= 11 is 3.51. The van der Waals surface area contributed by atoms with Crippen molar-refractivity contribution >= 4 is 21.6 Å². The minimum absolute atomic E-state index is 0.133. The molecule has 0 unspecified atom stereocenters. The molecule has 0 aromatic heterocycles. The van der Waals surface area contributed by atoms with Crippen LogP contribution in [0.4, 0.5) is 0 Å². The third-order valence-corrected chi connectivity index (χ3v) is 6.09. The van der Waals surface area contributed by atoms with E-state index in [1.165, 1.54) is 5.56 Å². The van der Waals surface area contributed by atoms with Gasteiger partial charge in [-0.3, -0.25) is 0 Å². The number of halogens is 1. The average Bonchev–Trinajstić information content (AvgIpc) is 3.40. The molecule has 0 bridgehead atoms. The van der Waals surface area contributed by atoms with Crippen LogP contribution in [0.5, 0.6) is 17.2 Å². The summed E-state index contributed by atoms with van der Waals surface area (Å²) in [7, 11) is 0. The highest BCUT2D eigenvalue weighted by molar-refractivity contribution is 9.10. The van der Waals surface area contributed by atoms with Crippen molar-refractivity contribution in [3.63, 3.8) is 0 Å².